The van der Waals surface area contributed by atoms with Crippen molar-refractivity contribution in [1.82, 2.24) is 10.4 Å². The predicted octanol–water partition coefficient (Wildman–Crippen LogP) is 3.82. The van der Waals surface area contributed by atoms with Crippen molar-refractivity contribution in [3.63, 3.8) is 0 Å². The van der Waals surface area contributed by atoms with Crippen molar-refractivity contribution in [3.05, 3.63) is 76.8 Å². The number of carboxylic acids is 1. The first kappa shape index (κ1) is 25.9. The lowest BCUT2D eigenvalue weighted by Gasteiger charge is -2.12. The second kappa shape index (κ2) is 13.9. The standard InChI is InChI=1S/C23H26ClN3O6/c24-19-4-3-5-20(14-19)26-23(31)33-16-18-8-6-17(7-9-18)15-25-12-1-2-13-27(32)21(28)10-11-22(29)30/h3-11,14,25,32H,1-2,12-13,15-16H2,(H,26,31)(H,29,30)/b11-10+. The monoisotopic (exact) mass is 475 g/mol. The SMILES string of the molecule is O=C(O)/C=C/C(=O)N(O)CCCCNCc1ccc(COC(=O)Nc2cccc(Cl)c2)cc1. The minimum absolute atomic E-state index is 0.115. The highest BCUT2D eigenvalue weighted by Gasteiger charge is 2.07. The Morgan fingerprint density at radius 3 is 2.45 bits per heavy atom. The number of unbranched alkanes of at least 4 members (excludes halogenated alkanes) is 1. The Morgan fingerprint density at radius 1 is 1.03 bits per heavy atom. The van der Waals surface area contributed by atoms with Crippen molar-refractivity contribution in [1.29, 1.82) is 0 Å². The number of ether oxygens (including phenoxy) is 1. The summed E-state index contributed by atoms with van der Waals surface area (Å²) in [7, 11) is 0. The van der Waals surface area contributed by atoms with E-state index in [2.05, 4.69) is 10.6 Å². The van der Waals surface area contributed by atoms with Gasteiger partial charge in [-0.25, -0.2) is 14.7 Å². The molecule has 0 atom stereocenters. The lowest BCUT2D eigenvalue weighted by Crippen LogP contribution is -2.27. The molecular formula is C23H26ClN3O6. The Balaban J connectivity index is 1.60. The number of hydroxylamine groups is 2. The van der Waals surface area contributed by atoms with Crippen LogP contribution < -0.4 is 10.6 Å². The third-order valence-corrected chi connectivity index (χ3v) is 4.62. The van der Waals surface area contributed by atoms with Crippen molar-refractivity contribution >= 4 is 35.3 Å². The zero-order valence-corrected chi connectivity index (χ0v) is 18.6. The number of nitrogens with zero attached hydrogens (tertiary/aromatic N) is 1. The van der Waals surface area contributed by atoms with Crippen molar-refractivity contribution in [2.75, 3.05) is 18.4 Å². The smallest absolute Gasteiger partial charge is 0.411 e. The molecule has 2 rings (SSSR count). The van der Waals surface area contributed by atoms with Gasteiger partial charge in [0.15, 0.2) is 0 Å². The summed E-state index contributed by atoms with van der Waals surface area (Å²) < 4.78 is 5.21. The summed E-state index contributed by atoms with van der Waals surface area (Å²) in [5.41, 5.74) is 2.46. The molecule has 0 bridgehead atoms. The van der Waals surface area contributed by atoms with Crippen LogP contribution in [0.4, 0.5) is 10.5 Å². The van der Waals surface area contributed by atoms with Gasteiger partial charge in [-0.15, -0.1) is 0 Å². The summed E-state index contributed by atoms with van der Waals surface area (Å²) >= 11 is 5.88. The average Bonchev–Trinajstić information content (AvgIpc) is 2.79. The quantitative estimate of drug-likeness (QED) is 0.159. The van der Waals surface area contributed by atoms with E-state index in [1.54, 1.807) is 24.3 Å². The van der Waals surface area contributed by atoms with E-state index in [1.165, 1.54) is 0 Å². The molecule has 4 N–H and O–H groups in total. The van der Waals surface area contributed by atoms with Gasteiger partial charge in [0.1, 0.15) is 6.61 Å². The molecule has 0 heterocycles. The number of benzene rings is 2. The van der Waals surface area contributed by atoms with Crippen molar-refractivity contribution < 1.29 is 29.4 Å². The van der Waals surface area contributed by atoms with Crippen LogP contribution in [-0.2, 0) is 27.5 Å². The van der Waals surface area contributed by atoms with Crippen LogP contribution in [0.15, 0.2) is 60.7 Å². The summed E-state index contributed by atoms with van der Waals surface area (Å²) in [5.74, 6) is -2.02. The molecule has 0 saturated carbocycles. The predicted molar refractivity (Wildman–Crippen MR) is 123 cm³/mol. The van der Waals surface area contributed by atoms with Gasteiger partial charge in [-0.3, -0.25) is 15.3 Å². The van der Waals surface area contributed by atoms with Crippen molar-refractivity contribution in [2.45, 2.75) is 26.0 Å². The first-order valence-corrected chi connectivity index (χ1v) is 10.6. The highest BCUT2D eigenvalue weighted by molar-refractivity contribution is 6.30. The number of carbonyl (C=O) groups is 3. The van der Waals surface area contributed by atoms with Crippen LogP contribution in [0.5, 0.6) is 0 Å². The molecule has 2 aromatic carbocycles. The number of aliphatic carboxylic acids is 1. The number of nitrogens with one attached hydrogen (secondary N) is 2. The molecule has 9 nitrogen and oxygen atoms in total. The fraction of sp³-hybridized carbons (Fsp3) is 0.261. The lowest BCUT2D eigenvalue weighted by atomic mass is 10.1. The Morgan fingerprint density at radius 2 is 1.76 bits per heavy atom. The summed E-state index contributed by atoms with van der Waals surface area (Å²) in [4.78, 5) is 33.7. The first-order chi connectivity index (χ1) is 15.8. The molecule has 0 aliphatic carbocycles. The molecule has 33 heavy (non-hydrogen) atoms. The van der Waals surface area contributed by atoms with Gasteiger partial charge >= 0.3 is 12.1 Å². The maximum Gasteiger partial charge on any atom is 0.411 e. The topological polar surface area (TPSA) is 128 Å². The molecule has 0 aliphatic rings. The van der Waals surface area contributed by atoms with Gasteiger partial charge in [-0.2, -0.15) is 0 Å². The highest BCUT2D eigenvalue weighted by Crippen LogP contribution is 2.15. The maximum atomic E-state index is 11.9. The molecule has 2 amide bonds. The summed E-state index contributed by atoms with van der Waals surface area (Å²) in [6.07, 6.45) is 2.20. The van der Waals surface area contributed by atoms with E-state index in [9.17, 15) is 19.6 Å². The number of amides is 2. The summed E-state index contributed by atoms with van der Waals surface area (Å²) in [6, 6.07) is 14.4. The normalized spacial score (nSPS) is 10.7. The fourth-order valence-corrected chi connectivity index (χ4v) is 2.90. The van der Waals surface area contributed by atoms with E-state index >= 15 is 0 Å². The van der Waals surface area contributed by atoms with Crippen LogP contribution in [0.25, 0.3) is 0 Å². The number of rotatable bonds is 12. The number of anilines is 1. The maximum absolute atomic E-state index is 11.9. The molecule has 10 heteroatoms. The minimum atomic E-state index is -1.25. The van der Waals surface area contributed by atoms with E-state index in [0.29, 0.717) is 41.4 Å². The second-order valence-corrected chi connectivity index (χ2v) is 7.48. The van der Waals surface area contributed by atoms with Gasteiger partial charge in [0, 0.05) is 36.0 Å². The van der Waals surface area contributed by atoms with Gasteiger partial charge in [-0.1, -0.05) is 41.9 Å². The van der Waals surface area contributed by atoms with E-state index in [4.69, 9.17) is 21.4 Å². The largest absolute Gasteiger partial charge is 0.478 e. The van der Waals surface area contributed by atoms with Gasteiger partial charge in [0.25, 0.3) is 5.91 Å². The molecular weight excluding hydrogens is 450 g/mol. The molecule has 0 aliphatic heterocycles. The van der Waals surface area contributed by atoms with Crippen LogP contribution in [-0.4, -0.2) is 46.4 Å². The number of carbonyl (C=O) groups excluding carboxylic acids is 2. The number of hydrogen-bond acceptors (Lipinski definition) is 6. The number of halogens is 1. The number of carboxylic acid groups (broad SMARTS) is 1. The van der Waals surface area contributed by atoms with Crippen LogP contribution in [0.2, 0.25) is 5.02 Å². The Kier molecular flexibility index (Phi) is 10.9. The summed E-state index contributed by atoms with van der Waals surface area (Å²) in [5, 5.41) is 24.9. The third-order valence-electron chi connectivity index (χ3n) is 4.39. The molecule has 0 saturated heterocycles. The zero-order valence-electron chi connectivity index (χ0n) is 17.9. The number of hydrogen-bond donors (Lipinski definition) is 4. The first-order valence-electron chi connectivity index (χ1n) is 10.2. The second-order valence-electron chi connectivity index (χ2n) is 7.04. The van der Waals surface area contributed by atoms with Crippen LogP contribution in [0, 0.1) is 0 Å². The molecule has 0 spiro atoms. The Hall–Kier alpha value is -3.40. The molecule has 176 valence electrons. The van der Waals surface area contributed by atoms with Gasteiger partial charge < -0.3 is 15.2 Å². The lowest BCUT2D eigenvalue weighted by molar-refractivity contribution is -0.159. The van der Waals surface area contributed by atoms with E-state index in [-0.39, 0.29) is 13.2 Å². The van der Waals surface area contributed by atoms with Crippen LogP contribution in [0.1, 0.15) is 24.0 Å². The Bertz CT molecular complexity index is 965. The zero-order chi connectivity index (χ0) is 24.1. The van der Waals surface area contributed by atoms with Crippen molar-refractivity contribution in [3.8, 4) is 0 Å². The van der Waals surface area contributed by atoms with Gasteiger partial charge in [0.05, 0.1) is 0 Å². The third kappa shape index (κ3) is 10.6. The van der Waals surface area contributed by atoms with Crippen LogP contribution in [0.3, 0.4) is 0 Å². The molecule has 0 aromatic heterocycles. The van der Waals surface area contributed by atoms with Crippen molar-refractivity contribution in [2.24, 2.45) is 0 Å². The average molecular weight is 476 g/mol. The Labute approximate surface area is 196 Å². The molecule has 0 radical (unpaired) electrons. The summed E-state index contributed by atoms with van der Waals surface area (Å²) in [6.45, 7) is 1.57. The molecule has 0 fully saturated rings. The molecule has 2 aromatic rings. The van der Waals surface area contributed by atoms with Crippen LogP contribution >= 0.6 is 11.6 Å². The van der Waals surface area contributed by atoms with E-state index < -0.39 is 18.0 Å². The van der Waals surface area contributed by atoms with E-state index in [1.807, 2.05) is 24.3 Å². The molecule has 0 unspecified atom stereocenters. The van der Waals surface area contributed by atoms with Gasteiger partial charge in [0.2, 0.25) is 0 Å². The van der Waals surface area contributed by atoms with E-state index in [0.717, 1.165) is 23.6 Å². The highest BCUT2D eigenvalue weighted by atomic mass is 35.5. The van der Waals surface area contributed by atoms with Gasteiger partial charge in [-0.05, 0) is 48.7 Å². The minimum Gasteiger partial charge on any atom is -0.478 e. The fourth-order valence-electron chi connectivity index (χ4n) is 2.71.